The fraction of sp³-hybridized carbons (Fsp3) is 0.222. The van der Waals surface area contributed by atoms with Crippen LogP contribution in [0.4, 0.5) is 4.39 Å². The van der Waals surface area contributed by atoms with Crippen LogP contribution in [0.3, 0.4) is 0 Å². The van der Waals surface area contributed by atoms with Crippen LogP contribution in [-0.2, 0) is 5.41 Å². The van der Waals surface area contributed by atoms with Crippen LogP contribution < -0.4 is 0 Å². The molecule has 20 heavy (non-hydrogen) atoms. The van der Waals surface area contributed by atoms with Crippen LogP contribution in [0, 0.1) is 5.82 Å². The van der Waals surface area contributed by atoms with Gasteiger partial charge in [-0.25, -0.2) is 4.39 Å². The molecule has 0 aliphatic heterocycles. The topological polar surface area (TPSA) is 15.8 Å². The lowest BCUT2D eigenvalue weighted by Gasteiger charge is -2.20. The Morgan fingerprint density at radius 2 is 1.55 bits per heavy atom. The Bertz CT molecular complexity index is 745. The molecule has 0 saturated carbocycles. The minimum Gasteiger partial charge on any atom is -0.354 e. The third-order valence-electron chi connectivity index (χ3n) is 3.59. The maximum atomic E-state index is 13.1. The average molecular weight is 267 g/mol. The lowest BCUT2D eigenvalue weighted by Crippen LogP contribution is -2.11. The van der Waals surface area contributed by atoms with E-state index in [0.717, 1.165) is 16.8 Å². The highest BCUT2D eigenvalue weighted by Crippen LogP contribution is 2.38. The zero-order chi connectivity index (χ0) is 14.3. The number of nitrogens with one attached hydrogen (secondary N) is 1. The zero-order valence-corrected chi connectivity index (χ0v) is 12.0. The van der Waals surface area contributed by atoms with E-state index in [0.29, 0.717) is 0 Å². The first kappa shape index (κ1) is 12.9. The lowest BCUT2D eigenvalue weighted by atomic mass is 9.83. The molecule has 0 aliphatic rings. The Balaban J connectivity index is 2.32. The van der Waals surface area contributed by atoms with Crippen LogP contribution in [0.25, 0.3) is 22.2 Å². The second-order valence-corrected chi connectivity index (χ2v) is 6.18. The number of rotatable bonds is 1. The SMILES string of the molecule is CC(C)(C)c1c(-c2ccc(F)cc2)[nH]c2ccccc12. The maximum absolute atomic E-state index is 13.1. The van der Waals surface area contributed by atoms with Crippen molar-refractivity contribution in [1.82, 2.24) is 4.98 Å². The van der Waals surface area contributed by atoms with E-state index in [1.807, 2.05) is 18.2 Å². The van der Waals surface area contributed by atoms with Crippen LogP contribution in [0.1, 0.15) is 26.3 Å². The standard InChI is InChI=1S/C18H18FN/c1-18(2,3)16-14-6-4-5-7-15(14)20-17(16)12-8-10-13(19)11-9-12/h4-11,20H,1-3H3. The van der Waals surface area contributed by atoms with E-state index in [4.69, 9.17) is 0 Å². The van der Waals surface area contributed by atoms with Crippen molar-refractivity contribution < 1.29 is 4.39 Å². The second-order valence-electron chi connectivity index (χ2n) is 6.18. The van der Waals surface area contributed by atoms with Gasteiger partial charge in [-0.2, -0.15) is 0 Å². The summed E-state index contributed by atoms with van der Waals surface area (Å²) in [4.78, 5) is 3.48. The fourth-order valence-corrected chi connectivity index (χ4v) is 2.75. The Morgan fingerprint density at radius 3 is 2.20 bits per heavy atom. The van der Waals surface area contributed by atoms with Crippen LogP contribution in [0.5, 0.6) is 0 Å². The highest BCUT2D eigenvalue weighted by molar-refractivity contribution is 5.91. The number of halogens is 1. The summed E-state index contributed by atoms with van der Waals surface area (Å²) in [6.45, 7) is 6.61. The molecular formula is C18H18FN. The van der Waals surface area contributed by atoms with E-state index < -0.39 is 0 Å². The first-order valence-electron chi connectivity index (χ1n) is 6.84. The molecule has 0 amide bonds. The molecule has 2 heteroatoms. The quantitative estimate of drug-likeness (QED) is 0.618. The predicted octanol–water partition coefficient (Wildman–Crippen LogP) is 5.27. The van der Waals surface area contributed by atoms with Gasteiger partial charge in [-0.15, -0.1) is 0 Å². The van der Waals surface area contributed by atoms with Gasteiger partial charge in [0.15, 0.2) is 0 Å². The number of fused-ring (bicyclic) bond motifs is 1. The molecule has 0 spiro atoms. The highest BCUT2D eigenvalue weighted by atomic mass is 19.1. The van der Waals surface area contributed by atoms with E-state index in [-0.39, 0.29) is 11.2 Å². The summed E-state index contributed by atoms with van der Waals surface area (Å²) in [6, 6.07) is 15.0. The van der Waals surface area contributed by atoms with Crippen molar-refractivity contribution in [2.45, 2.75) is 26.2 Å². The summed E-state index contributed by atoms with van der Waals surface area (Å²) in [5, 5.41) is 1.24. The van der Waals surface area contributed by atoms with E-state index in [1.165, 1.54) is 23.1 Å². The number of para-hydroxylation sites is 1. The van der Waals surface area contributed by atoms with Crippen molar-refractivity contribution in [3.05, 3.63) is 59.9 Å². The van der Waals surface area contributed by atoms with E-state index in [2.05, 4.69) is 44.0 Å². The molecule has 0 saturated heterocycles. The van der Waals surface area contributed by atoms with Crippen molar-refractivity contribution in [2.24, 2.45) is 0 Å². The summed E-state index contributed by atoms with van der Waals surface area (Å²) < 4.78 is 13.1. The van der Waals surface area contributed by atoms with E-state index in [1.54, 1.807) is 0 Å². The highest BCUT2D eigenvalue weighted by Gasteiger charge is 2.23. The van der Waals surface area contributed by atoms with Gasteiger partial charge in [-0.1, -0.05) is 39.0 Å². The number of H-pyrrole nitrogens is 1. The van der Waals surface area contributed by atoms with Gasteiger partial charge in [0.1, 0.15) is 5.82 Å². The lowest BCUT2D eigenvalue weighted by molar-refractivity contribution is 0.597. The summed E-state index contributed by atoms with van der Waals surface area (Å²) in [6.07, 6.45) is 0. The number of aromatic amines is 1. The van der Waals surface area contributed by atoms with Crippen LogP contribution in [0.2, 0.25) is 0 Å². The van der Waals surface area contributed by atoms with Gasteiger partial charge >= 0.3 is 0 Å². The second kappa shape index (κ2) is 4.48. The van der Waals surface area contributed by atoms with Gasteiger partial charge in [-0.3, -0.25) is 0 Å². The van der Waals surface area contributed by atoms with Gasteiger partial charge in [-0.05, 0) is 46.9 Å². The van der Waals surface area contributed by atoms with E-state index in [9.17, 15) is 4.39 Å². The molecule has 0 atom stereocenters. The first-order chi connectivity index (χ1) is 9.47. The monoisotopic (exact) mass is 267 g/mol. The third-order valence-corrected chi connectivity index (χ3v) is 3.59. The largest absolute Gasteiger partial charge is 0.354 e. The molecule has 102 valence electrons. The minimum atomic E-state index is -0.206. The summed E-state index contributed by atoms with van der Waals surface area (Å²) >= 11 is 0. The Labute approximate surface area is 118 Å². The average Bonchev–Trinajstić information content (AvgIpc) is 2.78. The molecule has 0 unspecified atom stereocenters. The molecule has 3 rings (SSSR count). The molecule has 1 heterocycles. The molecule has 0 fully saturated rings. The van der Waals surface area contributed by atoms with Crippen molar-refractivity contribution >= 4 is 10.9 Å². The number of hydrogen-bond donors (Lipinski definition) is 1. The fourth-order valence-electron chi connectivity index (χ4n) is 2.75. The molecule has 0 bridgehead atoms. The number of aromatic nitrogens is 1. The van der Waals surface area contributed by atoms with Crippen molar-refractivity contribution in [2.75, 3.05) is 0 Å². The Morgan fingerprint density at radius 1 is 0.900 bits per heavy atom. The van der Waals surface area contributed by atoms with Gasteiger partial charge < -0.3 is 4.98 Å². The van der Waals surface area contributed by atoms with Gasteiger partial charge in [0, 0.05) is 10.9 Å². The molecule has 1 aromatic heterocycles. The van der Waals surface area contributed by atoms with Crippen molar-refractivity contribution in [3.63, 3.8) is 0 Å². The van der Waals surface area contributed by atoms with Crippen molar-refractivity contribution in [3.8, 4) is 11.3 Å². The molecule has 1 N–H and O–H groups in total. The molecule has 3 aromatic rings. The minimum absolute atomic E-state index is 0.0172. The van der Waals surface area contributed by atoms with Gasteiger partial charge in [0.25, 0.3) is 0 Å². The Kier molecular flexibility index (Phi) is 2.89. The van der Waals surface area contributed by atoms with Crippen LogP contribution >= 0.6 is 0 Å². The first-order valence-corrected chi connectivity index (χ1v) is 6.84. The van der Waals surface area contributed by atoms with Crippen LogP contribution in [0.15, 0.2) is 48.5 Å². The zero-order valence-electron chi connectivity index (χ0n) is 12.0. The van der Waals surface area contributed by atoms with E-state index >= 15 is 0 Å². The maximum Gasteiger partial charge on any atom is 0.123 e. The molecule has 0 radical (unpaired) electrons. The molecular weight excluding hydrogens is 249 g/mol. The summed E-state index contributed by atoms with van der Waals surface area (Å²) in [5.74, 6) is -0.206. The Hall–Kier alpha value is -2.09. The number of benzene rings is 2. The third kappa shape index (κ3) is 2.11. The number of hydrogen-bond acceptors (Lipinski definition) is 0. The predicted molar refractivity (Wildman–Crippen MR) is 82.4 cm³/mol. The summed E-state index contributed by atoms with van der Waals surface area (Å²) in [7, 11) is 0. The van der Waals surface area contributed by atoms with Crippen LogP contribution in [-0.4, -0.2) is 4.98 Å². The van der Waals surface area contributed by atoms with Crippen molar-refractivity contribution in [1.29, 1.82) is 0 Å². The normalized spacial score (nSPS) is 12.0. The molecule has 2 aromatic carbocycles. The molecule has 0 aliphatic carbocycles. The smallest absolute Gasteiger partial charge is 0.123 e. The summed E-state index contributed by atoms with van der Waals surface area (Å²) in [5.41, 5.74) is 4.52. The van der Waals surface area contributed by atoms with Gasteiger partial charge in [0.2, 0.25) is 0 Å². The van der Waals surface area contributed by atoms with Gasteiger partial charge in [0.05, 0.1) is 5.69 Å². The molecule has 1 nitrogen and oxygen atoms in total.